The van der Waals surface area contributed by atoms with E-state index in [1.807, 2.05) is 0 Å². The van der Waals surface area contributed by atoms with E-state index in [1.54, 1.807) is 24.3 Å². The summed E-state index contributed by atoms with van der Waals surface area (Å²) in [5, 5.41) is 7.64. The first-order chi connectivity index (χ1) is 13.1. The van der Waals surface area contributed by atoms with E-state index in [-0.39, 0.29) is 23.0 Å². The Morgan fingerprint density at radius 3 is 1.82 bits per heavy atom. The first kappa shape index (κ1) is 18.1. The van der Waals surface area contributed by atoms with Gasteiger partial charge in [0.2, 0.25) is 0 Å². The summed E-state index contributed by atoms with van der Waals surface area (Å²) in [4.78, 5) is 12.5. The molecule has 0 unspecified atom stereocenters. The van der Waals surface area contributed by atoms with Crippen LogP contribution < -0.4 is 0 Å². The zero-order valence-electron chi connectivity index (χ0n) is 13.7. The number of rotatable bonds is 1. The molecule has 1 aliphatic rings. The Balaban J connectivity index is 1.88. The van der Waals surface area contributed by atoms with Crippen molar-refractivity contribution in [1.82, 2.24) is 10.2 Å². The summed E-state index contributed by atoms with van der Waals surface area (Å²) in [5.41, 5.74) is -2.42. The molecule has 9 heteroatoms. The number of hydrogen-bond acceptors (Lipinski definition) is 3. The predicted octanol–water partition coefficient (Wildman–Crippen LogP) is 5.39. The van der Waals surface area contributed by atoms with Gasteiger partial charge in [0, 0.05) is 16.7 Å². The molecule has 28 heavy (non-hydrogen) atoms. The summed E-state index contributed by atoms with van der Waals surface area (Å²) >= 11 is 0. The van der Waals surface area contributed by atoms with Gasteiger partial charge in [0.1, 0.15) is 5.69 Å². The molecule has 142 valence electrons. The molecule has 0 aliphatic heterocycles. The molecule has 0 atom stereocenters. The van der Waals surface area contributed by atoms with Crippen LogP contribution in [-0.4, -0.2) is 16.0 Å². The Labute approximate surface area is 153 Å². The van der Waals surface area contributed by atoms with Crippen LogP contribution in [0.4, 0.5) is 26.3 Å². The van der Waals surface area contributed by atoms with Crippen LogP contribution in [0.15, 0.2) is 48.5 Å². The second kappa shape index (κ2) is 5.88. The average Bonchev–Trinajstić information content (AvgIpc) is 2.92. The van der Waals surface area contributed by atoms with Crippen molar-refractivity contribution in [2.75, 3.05) is 0 Å². The number of ketones is 1. The first-order valence-electron chi connectivity index (χ1n) is 7.87. The number of fused-ring (bicyclic) bond motifs is 3. The highest BCUT2D eigenvalue weighted by molar-refractivity contribution is 6.21. The molecule has 1 heterocycles. The monoisotopic (exact) mass is 394 g/mol. The molecule has 1 aliphatic carbocycles. The summed E-state index contributed by atoms with van der Waals surface area (Å²) in [7, 11) is 0. The fourth-order valence-electron chi connectivity index (χ4n) is 3.04. The summed E-state index contributed by atoms with van der Waals surface area (Å²) in [6.07, 6.45) is -9.96. The number of nitrogens with zero attached hydrogens (tertiary/aromatic N) is 2. The van der Waals surface area contributed by atoms with Gasteiger partial charge in [0.05, 0.1) is 22.4 Å². The summed E-state index contributed by atoms with van der Waals surface area (Å²) in [6, 6.07) is 8.82. The lowest BCUT2D eigenvalue weighted by Gasteiger charge is -2.14. The van der Waals surface area contributed by atoms with Gasteiger partial charge in [-0.05, 0) is 24.3 Å². The standard InChI is InChI=1S/C19H8F6N2O/c20-18(21,22)10-5-9(6-11(7-10)19(23,24)25)15-8-14-16(27-26-15)12-3-1-2-4-13(12)17(14)28/h1-8H. The van der Waals surface area contributed by atoms with E-state index in [0.29, 0.717) is 23.3 Å². The van der Waals surface area contributed by atoms with Crippen LogP contribution in [0.5, 0.6) is 0 Å². The molecule has 3 aromatic rings. The van der Waals surface area contributed by atoms with Gasteiger partial charge in [-0.2, -0.15) is 26.3 Å². The maximum atomic E-state index is 13.1. The molecule has 1 aromatic heterocycles. The second-order valence-electron chi connectivity index (χ2n) is 6.16. The van der Waals surface area contributed by atoms with E-state index < -0.39 is 34.8 Å². The van der Waals surface area contributed by atoms with Gasteiger partial charge in [0.25, 0.3) is 0 Å². The summed E-state index contributed by atoms with van der Waals surface area (Å²) in [6.45, 7) is 0. The minimum atomic E-state index is -4.98. The van der Waals surface area contributed by atoms with Gasteiger partial charge in [-0.3, -0.25) is 4.79 Å². The minimum Gasteiger partial charge on any atom is -0.289 e. The fourth-order valence-corrected chi connectivity index (χ4v) is 3.04. The van der Waals surface area contributed by atoms with E-state index in [1.165, 1.54) is 6.07 Å². The quantitative estimate of drug-likeness (QED) is 0.407. The SMILES string of the molecule is O=C1c2ccccc2-c2nnc(-c3cc(C(F)(F)F)cc(C(F)(F)F)c3)cc21. The van der Waals surface area contributed by atoms with Crippen LogP contribution in [0, 0.1) is 0 Å². The molecule has 3 nitrogen and oxygen atoms in total. The molecule has 0 N–H and O–H groups in total. The number of benzene rings is 2. The topological polar surface area (TPSA) is 42.9 Å². The van der Waals surface area contributed by atoms with Crippen molar-refractivity contribution in [3.63, 3.8) is 0 Å². The third-order valence-corrected chi connectivity index (χ3v) is 4.35. The smallest absolute Gasteiger partial charge is 0.289 e. The molecule has 0 saturated heterocycles. The van der Waals surface area contributed by atoms with E-state index >= 15 is 0 Å². The zero-order chi connectivity index (χ0) is 20.3. The molecule has 0 amide bonds. The lowest BCUT2D eigenvalue weighted by atomic mass is 10.0. The lowest BCUT2D eigenvalue weighted by molar-refractivity contribution is -0.143. The number of carbonyl (C=O) groups is 1. The van der Waals surface area contributed by atoms with Gasteiger partial charge in [-0.25, -0.2) is 0 Å². The van der Waals surface area contributed by atoms with Crippen LogP contribution >= 0.6 is 0 Å². The van der Waals surface area contributed by atoms with E-state index in [0.717, 1.165) is 0 Å². The van der Waals surface area contributed by atoms with E-state index in [4.69, 9.17) is 0 Å². The maximum Gasteiger partial charge on any atom is 0.416 e. The Morgan fingerprint density at radius 1 is 0.679 bits per heavy atom. The van der Waals surface area contributed by atoms with Gasteiger partial charge in [0.15, 0.2) is 5.78 Å². The van der Waals surface area contributed by atoms with Gasteiger partial charge in [-0.1, -0.05) is 24.3 Å². The molecular weight excluding hydrogens is 386 g/mol. The molecule has 4 rings (SSSR count). The van der Waals surface area contributed by atoms with Crippen molar-refractivity contribution in [2.24, 2.45) is 0 Å². The minimum absolute atomic E-state index is 0.0330. The molecular formula is C19H8F6N2O. The van der Waals surface area contributed by atoms with Crippen molar-refractivity contribution in [1.29, 1.82) is 0 Å². The zero-order valence-corrected chi connectivity index (χ0v) is 13.7. The molecule has 2 aromatic carbocycles. The second-order valence-corrected chi connectivity index (χ2v) is 6.16. The van der Waals surface area contributed by atoms with E-state index in [2.05, 4.69) is 10.2 Å². The molecule has 0 saturated carbocycles. The highest BCUT2D eigenvalue weighted by atomic mass is 19.4. The van der Waals surface area contributed by atoms with E-state index in [9.17, 15) is 31.1 Å². The van der Waals surface area contributed by atoms with Crippen molar-refractivity contribution >= 4 is 5.78 Å². The largest absolute Gasteiger partial charge is 0.416 e. The summed E-state index contributed by atoms with van der Waals surface area (Å²) in [5.74, 6) is -0.412. The van der Waals surface area contributed by atoms with Crippen molar-refractivity contribution in [2.45, 2.75) is 12.4 Å². The Morgan fingerprint density at radius 2 is 1.25 bits per heavy atom. The Bertz CT molecular complexity index is 1090. The van der Waals surface area contributed by atoms with Gasteiger partial charge >= 0.3 is 12.4 Å². The number of aromatic nitrogens is 2. The Hall–Kier alpha value is -3.23. The maximum absolute atomic E-state index is 13.1. The van der Waals surface area contributed by atoms with Crippen molar-refractivity contribution < 1.29 is 31.1 Å². The van der Waals surface area contributed by atoms with Crippen LogP contribution in [0.2, 0.25) is 0 Å². The highest BCUT2D eigenvalue weighted by Gasteiger charge is 2.37. The molecule has 0 radical (unpaired) electrons. The first-order valence-corrected chi connectivity index (χ1v) is 7.87. The number of alkyl halides is 6. The Kier molecular flexibility index (Phi) is 3.81. The van der Waals surface area contributed by atoms with Crippen LogP contribution in [0.25, 0.3) is 22.5 Å². The molecule has 0 bridgehead atoms. The van der Waals surface area contributed by atoms with Crippen LogP contribution in [0.1, 0.15) is 27.0 Å². The average molecular weight is 394 g/mol. The third-order valence-electron chi connectivity index (χ3n) is 4.35. The fraction of sp³-hybridized carbons (Fsp3) is 0.105. The van der Waals surface area contributed by atoms with Crippen LogP contribution in [0.3, 0.4) is 0 Å². The number of hydrogen-bond donors (Lipinski definition) is 0. The van der Waals surface area contributed by atoms with Crippen molar-refractivity contribution in [3.8, 4) is 22.5 Å². The van der Waals surface area contributed by atoms with Crippen LogP contribution in [-0.2, 0) is 12.4 Å². The number of carbonyl (C=O) groups excluding carboxylic acids is 1. The van der Waals surface area contributed by atoms with Gasteiger partial charge < -0.3 is 0 Å². The lowest BCUT2D eigenvalue weighted by Crippen LogP contribution is -2.11. The van der Waals surface area contributed by atoms with Gasteiger partial charge in [-0.15, -0.1) is 10.2 Å². The number of halogens is 6. The third kappa shape index (κ3) is 2.92. The normalized spacial score (nSPS) is 13.4. The molecule has 0 fully saturated rings. The highest BCUT2D eigenvalue weighted by Crippen LogP contribution is 2.40. The van der Waals surface area contributed by atoms with Crippen molar-refractivity contribution in [3.05, 3.63) is 70.8 Å². The summed E-state index contributed by atoms with van der Waals surface area (Å²) < 4.78 is 78.3. The molecule has 0 spiro atoms. The predicted molar refractivity (Wildman–Crippen MR) is 86.3 cm³/mol.